The van der Waals surface area contributed by atoms with E-state index in [1.54, 1.807) is 0 Å². The van der Waals surface area contributed by atoms with Gasteiger partial charge in [-0.3, -0.25) is 0 Å². The molecule has 0 atom stereocenters. The Morgan fingerprint density at radius 1 is 1.35 bits per heavy atom. The van der Waals surface area contributed by atoms with Crippen molar-refractivity contribution in [1.82, 2.24) is 15.6 Å². The first-order valence-corrected chi connectivity index (χ1v) is 7.64. The summed E-state index contributed by atoms with van der Waals surface area (Å²) in [6.45, 7) is 5.34. The Kier molecular flexibility index (Phi) is 7.00. The van der Waals surface area contributed by atoms with Crippen LogP contribution in [0.15, 0.2) is 5.38 Å². The minimum absolute atomic E-state index is 0.0585. The van der Waals surface area contributed by atoms with Crippen LogP contribution in [0.3, 0.4) is 0 Å². The van der Waals surface area contributed by atoms with Crippen molar-refractivity contribution in [3.05, 3.63) is 16.1 Å². The van der Waals surface area contributed by atoms with E-state index in [2.05, 4.69) is 29.5 Å². The first-order valence-electron chi connectivity index (χ1n) is 6.76. The third-order valence-electron chi connectivity index (χ3n) is 3.10. The molecular formula is C13H21N3O3S. The molecule has 20 heavy (non-hydrogen) atoms. The van der Waals surface area contributed by atoms with Crippen LogP contribution >= 0.6 is 11.3 Å². The molecule has 0 aliphatic rings. The summed E-state index contributed by atoms with van der Waals surface area (Å²) in [6, 6.07) is -0.188. The highest BCUT2D eigenvalue weighted by Gasteiger charge is 2.09. The van der Waals surface area contributed by atoms with E-state index in [1.807, 2.05) is 0 Å². The number of thiazole rings is 1. The Balaban J connectivity index is 2.22. The predicted octanol–water partition coefficient (Wildman–Crippen LogP) is 2.12. The van der Waals surface area contributed by atoms with Gasteiger partial charge in [-0.15, -0.1) is 11.3 Å². The topological polar surface area (TPSA) is 91.3 Å². The van der Waals surface area contributed by atoms with Gasteiger partial charge in [0.25, 0.3) is 0 Å². The average Bonchev–Trinajstić information content (AvgIpc) is 2.89. The molecule has 112 valence electrons. The standard InChI is InChI=1S/C13H21N3O3S/c1-3-9(4-2)7-15-13(19)14-6-5-11-16-10(8-20-11)12(17)18/h8-9H,3-7H2,1-2H3,(H,17,18)(H2,14,15,19). The fourth-order valence-electron chi connectivity index (χ4n) is 1.68. The summed E-state index contributed by atoms with van der Waals surface area (Å²) < 4.78 is 0. The van der Waals surface area contributed by atoms with Crippen LogP contribution in [0.2, 0.25) is 0 Å². The van der Waals surface area contributed by atoms with Crippen molar-refractivity contribution in [2.75, 3.05) is 13.1 Å². The van der Waals surface area contributed by atoms with E-state index in [0.29, 0.717) is 30.4 Å². The molecule has 0 saturated carbocycles. The zero-order valence-electron chi connectivity index (χ0n) is 11.8. The normalized spacial score (nSPS) is 10.6. The van der Waals surface area contributed by atoms with E-state index in [4.69, 9.17) is 5.11 Å². The highest BCUT2D eigenvalue weighted by atomic mass is 32.1. The van der Waals surface area contributed by atoms with Crippen LogP contribution < -0.4 is 10.6 Å². The molecule has 6 nitrogen and oxygen atoms in total. The molecule has 0 saturated heterocycles. The number of carbonyl (C=O) groups excluding carboxylic acids is 1. The fraction of sp³-hybridized carbons (Fsp3) is 0.615. The van der Waals surface area contributed by atoms with Gasteiger partial charge in [-0.1, -0.05) is 26.7 Å². The Morgan fingerprint density at radius 3 is 2.60 bits per heavy atom. The maximum atomic E-state index is 11.5. The summed E-state index contributed by atoms with van der Waals surface area (Å²) in [5.41, 5.74) is 0.0585. The molecule has 0 unspecified atom stereocenters. The van der Waals surface area contributed by atoms with Gasteiger partial charge in [0.05, 0.1) is 5.01 Å². The summed E-state index contributed by atoms with van der Waals surface area (Å²) in [5.74, 6) is -0.513. The lowest BCUT2D eigenvalue weighted by atomic mass is 10.0. The molecule has 2 amide bonds. The molecule has 7 heteroatoms. The molecule has 1 aromatic heterocycles. The molecular weight excluding hydrogens is 278 g/mol. The predicted molar refractivity (Wildman–Crippen MR) is 78.3 cm³/mol. The summed E-state index contributed by atoms with van der Waals surface area (Å²) in [7, 11) is 0. The largest absolute Gasteiger partial charge is 0.476 e. The van der Waals surface area contributed by atoms with Crippen molar-refractivity contribution in [2.45, 2.75) is 33.1 Å². The van der Waals surface area contributed by atoms with Crippen LogP contribution in [0.25, 0.3) is 0 Å². The molecule has 1 aromatic rings. The van der Waals surface area contributed by atoms with Crippen molar-refractivity contribution in [2.24, 2.45) is 5.92 Å². The Bertz CT molecular complexity index is 444. The number of carbonyl (C=O) groups is 2. The molecule has 0 bridgehead atoms. The van der Waals surface area contributed by atoms with E-state index in [9.17, 15) is 9.59 Å². The quantitative estimate of drug-likeness (QED) is 0.685. The van der Waals surface area contributed by atoms with Gasteiger partial charge in [0.15, 0.2) is 5.69 Å². The zero-order valence-corrected chi connectivity index (χ0v) is 12.6. The van der Waals surface area contributed by atoms with E-state index < -0.39 is 5.97 Å². The first-order chi connectivity index (χ1) is 9.56. The summed E-state index contributed by atoms with van der Waals surface area (Å²) in [5, 5.41) is 16.5. The first kappa shape index (κ1) is 16.4. The van der Waals surface area contributed by atoms with E-state index in [-0.39, 0.29) is 11.7 Å². The average molecular weight is 299 g/mol. The highest BCUT2D eigenvalue weighted by Crippen LogP contribution is 2.09. The second-order valence-corrected chi connectivity index (χ2v) is 5.44. The van der Waals surface area contributed by atoms with Crippen molar-refractivity contribution >= 4 is 23.3 Å². The summed E-state index contributed by atoms with van der Waals surface area (Å²) in [4.78, 5) is 26.2. The number of rotatable bonds is 8. The number of amides is 2. The Hall–Kier alpha value is -1.63. The Morgan fingerprint density at radius 2 is 2.05 bits per heavy atom. The minimum atomic E-state index is -1.02. The minimum Gasteiger partial charge on any atom is -0.476 e. The van der Waals surface area contributed by atoms with E-state index in [1.165, 1.54) is 16.7 Å². The van der Waals surface area contributed by atoms with E-state index >= 15 is 0 Å². The van der Waals surface area contributed by atoms with Crippen LogP contribution in [0.5, 0.6) is 0 Å². The van der Waals surface area contributed by atoms with Crippen LogP contribution in [0.4, 0.5) is 4.79 Å². The van der Waals surface area contributed by atoms with Crippen LogP contribution in [0, 0.1) is 5.92 Å². The van der Waals surface area contributed by atoms with Gasteiger partial charge in [0.2, 0.25) is 0 Å². The SMILES string of the molecule is CCC(CC)CNC(=O)NCCc1nc(C(=O)O)cs1. The van der Waals surface area contributed by atoms with Crippen LogP contribution in [-0.4, -0.2) is 35.2 Å². The van der Waals surface area contributed by atoms with Crippen LogP contribution in [-0.2, 0) is 6.42 Å². The van der Waals surface area contributed by atoms with Crippen LogP contribution in [0.1, 0.15) is 42.2 Å². The van der Waals surface area contributed by atoms with Gasteiger partial charge in [-0.25, -0.2) is 14.6 Å². The molecule has 0 aliphatic carbocycles. The number of nitrogens with one attached hydrogen (secondary N) is 2. The Labute approximate surface area is 122 Å². The molecule has 3 N–H and O–H groups in total. The van der Waals surface area contributed by atoms with Crippen molar-refractivity contribution in [1.29, 1.82) is 0 Å². The van der Waals surface area contributed by atoms with Gasteiger partial charge in [-0.05, 0) is 5.92 Å². The number of aromatic carboxylic acids is 1. The van der Waals surface area contributed by atoms with Crippen molar-refractivity contribution < 1.29 is 14.7 Å². The molecule has 1 rings (SSSR count). The maximum absolute atomic E-state index is 11.5. The number of nitrogens with zero attached hydrogens (tertiary/aromatic N) is 1. The molecule has 1 heterocycles. The highest BCUT2D eigenvalue weighted by molar-refractivity contribution is 7.09. The number of carboxylic acids is 1. The third kappa shape index (κ3) is 5.56. The summed E-state index contributed by atoms with van der Waals surface area (Å²) >= 11 is 1.29. The number of hydrogen-bond acceptors (Lipinski definition) is 4. The molecule has 0 aromatic carbocycles. The van der Waals surface area contributed by atoms with Gasteiger partial charge >= 0.3 is 12.0 Å². The third-order valence-corrected chi connectivity index (χ3v) is 4.01. The molecule has 0 radical (unpaired) electrons. The van der Waals surface area contributed by atoms with E-state index in [0.717, 1.165) is 12.8 Å². The van der Waals surface area contributed by atoms with Crippen molar-refractivity contribution in [3.8, 4) is 0 Å². The molecule has 0 aliphatic heterocycles. The van der Waals surface area contributed by atoms with Gasteiger partial charge in [-0.2, -0.15) is 0 Å². The van der Waals surface area contributed by atoms with Gasteiger partial charge in [0, 0.05) is 24.9 Å². The number of aromatic nitrogens is 1. The van der Waals surface area contributed by atoms with Gasteiger partial charge in [0.1, 0.15) is 0 Å². The zero-order chi connectivity index (χ0) is 15.0. The number of hydrogen-bond donors (Lipinski definition) is 3. The maximum Gasteiger partial charge on any atom is 0.355 e. The lowest BCUT2D eigenvalue weighted by molar-refractivity contribution is 0.0691. The number of carboxylic acid groups (broad SMARTS) is 1. The second kappa shape index (κ2) is 8.52. The monoisotopic (exact) mass is 299 g/mol. The summed E-state index contributed by atoms with van der Waals surface area (Å²) in [6.07, 6.45) is 2.64. The van der Waals surface area contributed by atoms with Gasteiger partial charge < -0.3 is 15.7 Å². The second-order valence-electron chi connectivity index (χ2n) is 4.50. The van der Waals surface area contributed by atoms with Crippen molar-refractivity contribution in [3.63, 3.8) is 0 Å². The number of urea groups is 1. The molecule has 0 spiro atoms. The fourth-order valence-corrected chi connectivity index (χ4v) is 2.46. The smallest absolute Gasteiger partial charge is 0.355 e. The lowest BCUT2D eigenvalue weighted by Gasteiger charge is -2.13. The molecule has 0 fully saturated rings. The lowest BCUT2D eigenvalue weighted by Crippen LogP contribution is -2.39.